The summed E-state index contributed by atoms with van der Waals surface area (Å²) in [7, 11) is 1.52. The third kappa shape index (κ3) is 5.72. The number of nitrogens with zero attached hydrogens (tertiary/aromatic N) is 4. The smallest absolute Gasteiger partial charge is 0.422 e. The zero-order valence-electron chi connectivity index (χ0n) is 20.8. The molecule has 3 aromatic rings. The van der Waals surface area contributed by atoms with E-state index in [0.717, 1.165) is 0 Å². The minimum Gasteiger partial charge on any atom is -0.481 e. The molecule has 38 heavy (non-hydrogen) atoms. The van der Waals surface area contributed by atoms with Crippen molar-refractivity contribution in [1.29, 1.82) is 0 Å². The van der Waals surface area contributed by atoms with E-state index in [-0.39, 0.29) is 28.5 Å². The van der Waals surface area contributed by atoms with Crippen LogP contribution in [0.5, 0.6) is 5.75 Å². The van der Waals surface area contributed by atoms with E-state index in [4.69, 9.17) is 9.84 Å². The molecule has 204 valence electrons. The lowest BCUT2D eigenvalue weighted by molar-refractivity contribution is -0.153. The first kappa shape index (κ1) is 27.3. The molecule has 1 fully saturated rings. The lowest BCUT2D eigenvalue weighted by atomic mass is 10.0. The Morgan fingerprint density at radius 3 is 2.53 bits per heavy atom. The number of aliphatic hydroxyl groups excluding tert-OH is 1. The number of alkyl halides is 3. The molecule has 0 unspecified atom stereocenters. The van der Waals surface area contributed by atoms with Crippen LogP contribution >= 0.6 is 0 Å². The van der Waals surface area contributed by atoms with E-state index < -0.39 is 37.2 Å². The van der Waals surface area contributed by atoms with Crippen LogP contribution in [0.3, 0.4) is 0 Å². The molecular weight excluding hydrogens is 510 g/mol. The van der Waals surface area contributed by atoms with Gasteiger partial charge in [0, 0.05) is 43.5 Å². The lowest BCUT2D eigenvalue weighted by Crippen LogP contribution is -2.47. The van der Waals surface area contributed by atoms with Crippen LogP contribution in [0, 0.1) is 5.95 Å². The first-order valence-electron chi connectivity index (χ1n) is 12.1. The van der Waals surface area contributed by atoms with E-state index in [9.17, 15) is 27.2 Å². The summed E-state index contributed by atoms with van der Waals surface area (Å²) < 4.78 is 59.4. The van der Waals surface area contributed by atoms with Crippen LogP contribution in [0.4, 0.5) is 17.6 Å². The predicted octanol–water partition coefficient (Wildman–Crippen LogP) is 2.99. The number of likely N-dealkylation sites (tertiary alicyclic amines) is 1. The molecule has 2 N–H and O–H groups in total. The van der Waals surface area contributed by atoms with Crippen molar-refractivity contribution in [3.05, 3.63) is 41.7 Å². The number of nitrogens with one attached hydrogen (secondary N) is 1. The van der Waals surface area contributed by atoms with Gasteiger partial charge in [0.2, 0.25) is 11.9 Å². The minimum atomic E-state index is -4.65. The third-order valence-corrected chi connectivity index (χ3v) is 6.48. The quantitative estimate of drug-likeness (QED) is 0.354. The molecule has 0 aliphatic carbocycles. The van der Waals surface area contributed by atoms with Gasteiger partial charge in [0.15, 0.2) is 18.1 Å². The van der Waals surface area contributed by atoms with Crippen LogP contribution < -0.4 is 10.1 Å². The normalized spacial score (nSPS) is 14.7. The number of rotatable bonds is 7. The number of carbonyl (C=O) groups excluding carboxylic acids is 2. The average molecular weight is 538 g/mol. The number of hydrogen-bond acceptors (Lipinski definition) is 6. The van der Waals surface area contributed by atoms with Crippen molar-refractivity contribution in [3.8, 4) is 16.9 Å². The van der Waals surface area contributed by atoms with Crippen LogP contribution in [0.15, 0.2) is 24.4 Å². The van der Waals surface area contributed by atoms with Crippen LogP contribution in [-0.4, -0.2) is 74.9 Å². The maximum absolute atomic E-state index is 13.4. The first-order valence-corrected chi connectivity index (χ1v) is 12.1. The molecule has 0 saturated carbocycles. The highest BCUT2D eigenvalue weighted by atomic mass is 19.4. The van der Waals surface area contributed by atoms with Gasteiger partial charge in [0.25, 0.3) is 5.91 Å². The summed E-state index contributed by atoms with van der Waals surface area (Å²) in [6.45, 7) is 0.285. The molecule has 0 bridgehead atoms. The number of halogens is 4. The predicted molar refractivity (Wildman–Crippen MR) is 129 cm³/mol. The Bertz CT molecular complexity index is 1330. The Labute approximate surface area is 215 Å². The van der Waals surface area contributed by atoms with Gasteiger partial charge >= 0.3 is 6.18 Å². The number of amides is 2. The minimum absolute atomic E-state index is 0.123. The van der Waals surface area contributed by atoms with Gasteiger partial charge in [-0.2, -0.15) is 17.6 Å². The van der Waals surface area contributed by atoms with E-state index in [0.29, 0.717) is 49.2 Å². The fourth-order valence-electron chi connectivity index (χ4n) is 4.59. The number of aliphatic hydroxyl groups is 1. The summed E-state index contributed by atoms with van der Waals surface area (Å²) >= 11 is 0. The summed E-state index contributed by atoms with van der Waals surface area (Å²) in [5.74, 6) is -1.99. The van der Waals surface area contributed by atoms with E-state index in [2.05, 4.69) is 15.3 Å². The Hall–Kier alpha value is -3.74. The monoisotopic (exact) mass is 537 g/mol. The fourth-order valence-corrected chi connectivity index (χ4v) is 4.59. The average Bonchev–Trinajstić information content (AvgIpc) is 3.17. The molecule has 13 heteroatoms. The number of piperidine rings is 1. The summed E-state index contributed by atoms with van der Waals surface area (Å²) in [5.41, 5.74) is 1.76. The standard InChI is InChI=1S/C25H27F4N5O4/c1-3-18-16(14-4-5-19(26)30-11-14)10-17-22(38-13-25(27,28)29)21(33(2)23(17)32-18)24(37)31-15-6-8-34(9-7-15)20(36)12-35/h4-5,10-11,15,35H,3,6-9,12-13H2,1-2H3,(H,31,37). The largest absolute Gasteiger partial charge is 0.481 e. The molecule has 9 nitrogen and oxygen atoms in total. The molecule has 1 aliphatic rings. The highest BCUT2D eigenvalue weighted by Crippen LogP contribution is 2.37. The lowest BCUT2D eigenvalue weighted by Gasteiger charge is -2.32. The molecule has 1 aliphatic heterocycles. The maximum atomic E-state index is 13.4. The highest BCUT2D eigenvalue weighted by Gasteiger charge is 2.33. The van der Waals surface area contributed by atoms with Crippen molar-refractivity contribution < 1.29 is 37.0 Å². The van der Waals surface area contributed by atoms with Crippen molar-refractivity contribution >= 4 is 22.8 Å². The second-order valence-electron chi connectivity index (χ2n) is 9.00. The maximum Gasteiger partial charge on any atom is 0.422 e. The van der Waals surface area contributed by atoms with Crippen LogP contribution in [0.2, 0.25) is 0 Å². The van der Waals surface area contributed by atoms with Gasteiger partial charge < -0.3 is 24.6 Å². The van der Waals surface area contributed by atoms with E-state index in [1.54, 1.807) is 6.07 Å². The van der Waals surface area contributed by atoms with E-state index in [1.165, 1.54) is 34.8 Å². The summed E-state index contributed by atoms with van der Waals surface area (Å²) in [6, 6.07) is 3.91. The van der Waals surface area contributed by atoms with Crippen molar-refractivity contribution in [2.24, 2.45) is 7.05 Å². The SMILES string of the molecule is CCc1nc2c(cc1-c1ccc(F)nc1)c(OCC(F)(F)F)c(C(=O)NC1CCN(C(=O)CO)CC1)n2C. The molecule has 0 radical (unpaired) electrons. The molecule has 3 aromatic heterocycles. The molecule has 0 aromatic carbocycles. The van der Waals surface area contributed by atoms with Gasteiger partial charge in [-0.05, 0) is 37.5 Å². The number of fused-ring (bicyclic) bond motifs is 1. The Morgan fingerprint density at radius 2 is 1.95 bits per heavy atom. The van der Waals surface area contributed by atoms with Gasteiger partial charge in [0.05, 0.1) is 11.1 Å². The van der Waals surface area contributed by atoms with Crippen molar-refractivity contribution in [3.63, 3.8) is 0 Å². The second-order valence-corrected chi connectivity index (χ2v) is 9.00. The number of pyridine rings is 2. The zero-order chi connectivity index (χ0) is 27.6. The molecule has 4 rings (SSSR count). The fraction of sp³-hybridized carbons (Fsp3) is 0.440. The third-order valence-electron chi connectivity index (χ3n) is 6.48. The summed E-state index contributed by atoms with van der Waals surface area (Å²) in [5, 5.41) is 12.1. The van der Waals surface area contributed by atoms with Crippen LogP contribution in [0.25, 0.3) is 22.2 Å². The second kappa shape index (κ2) is 10.9. The number of ether oxygens (including phenoxy) is 1. The van der Waals surface area contributed by atoms with Crippen LogP contribution in [0.1, 0.15) is 35.9 Å². The van der Waals surface area contributed by atoms with E-state index >= 15 is 0 Å². The summed E-state index contributed by atoms with van der Waals surface area (Å²) in [6.07, 6.45) is -2.06. The molecule has 1 saturated heterocycles. The molecule has 2 amide bonds. The van der Waals surface area contributed by atoms with Crippen molar-refractivity contribution in [1.82, 2.24) is 24.8 Å². The van der Waals surface area contributed by atoms with Gasteiger partial charge in [-0.1, -0.05) is 6.92 Å². The highest BCUT2D eigenvalue weighted by molar-refractivity contribution is 6.04. The van der Waals surface area contributed by atoms with Crippen molar-refractivity contribution in [2.75, 3.05) is 26.3 Å². The number of carbonyl (C=O) groups is 2. The first-order chi connectivity index (χ1) is 18.0. The van der Waals surface area contributed by atoms with Gasteiger partial charge in [-0.3, -0.25) is 9.59 Å². The molecule has 0 atom stereocenters. The zero-order valence-corrected chi connectivity index (χ0v) is 20.8. The number of aromatic nitrogens is 3. The number of hydrogen-bond donors (Lipinski definition) is 2. The van der Waals surface area contributed by atoms with Crippen molar-refractivity contribution in [2.45, 2.75) is 38.4 Å². The Morgan fingerprint density at radius 1 is 1.24 bits per heavy atom. The molecule has 4 heterocycles. The van der Waals surface area contributed by atoms with Gasteiger partial charge in [-0.15, -0.1) is 0 Å². The van der Waals surface area contributed by atoms with Gasteiger partial charge in [0.1, 0.15) is 12.3 Å². The number of aryl methyl sites for hydroxylation is 2. The summed E-state index contributed by atoms with van der Waals surface area (Å²) in [4.78, 5) is 34.8. The van der Waals surface area contributed by atoms with E-state index in [1.807, 2.05) is 6.92 Å². The molecular formula is C25H27F4N5O4. The van der Waals surface area contributed by atoms with Crippen LogP contribution in [-0.2, 0) is 18.3 Å². The Kier molecular flexibility index (Phi) is 7.86. The van der Waals surface area contributed by atoms with Gasteiger partial charge in [-0.25, -0.2) is 9.97 Å². The molecule has 0 spiro atoms. The topological polar surface area (TPSA) is 110 Å². The Balaban J connectivity index is 1.73.